The average molecular weight is 832 g/mol. The first kappa shape index (κ1) is 40.5. The van der Waals surface area contributed by atoms with Crippen molar-refractivity contribution in [1.82, 2.24) is 55.0 Å². The minimum atomic E-state index is 0.156. The van der Waals surface area contributed by atoms with Crippen molar-refractivity contribution in [3.63, 3.8) is 0 Å². The molecule has 2 fully saturated rings. The van der Waals surface area contributed by atoms with Gasteiger partial charge in [-0.1, -0.05) is 6.07 Å². The number of nitrogens with one attached hydrogen (secondary N) is 3. The van der Waals surface area contributed by atoms with Crippen LogP contribution in [0.2, 0.25) is 0 Å². The van der Waals surface area contributed by atoms with E-state index in [0.717, 1.165) is 132 Å². The van der Waals surface area contributed by atoms with E-state index in [1.165, 1.54) is 0 Å². The molecule has 0 aliphatic carbocycles. The molecule has 2 aliphatic heterocycles. The first-order valence-corrected chi connectivity index (χ1v) is 20.9. The summed E-state index contributed by atoms with van der Waals surface area (Å²) in [4.78, 5) is 35.3. The molecule has 8 aromatic rings. The largest absolute Gasteiger partial charge is 0.439 e. The summed E-state index contributed by atoms with van der Waals surface area (Å²) in [6.45, 7) is 8.82. The van der Waals surface area contributed by atoms with E-state index < -0.39 is 0 Å². The molecule has 0 saturated carbocycles. The predicted molar refractivity (Wildman–Crippen MR) is 237 cm³/mol. The quantitative estimate of drug-likeness (QED) is 0.116. The first-order chi connectivity index (χ1) is 30.4. The zero-order valence-electron chi connectivity index (χ0n) is 34.8. The second-order valence-electron chi connectivity index (χ2n) is 15.6. The number of carbonyl (C=O) groups excluding carboxylic acids is 1. The van der Waals surface area contributed by atoms with Crippen molar-refractivity contribution in [2.75, 3.05) is 46.4 Å². The molecule has 3 N–H and O–H groups in total. The number of methoxy groups -OCH3 is 1. The van der Waals surface area contributed by atoms with Gasteiger partial charge in [0.2, 0.25) is 17.7 Å². The molecule has 0 radical (unpaired) electrons. The minimum absolute atomic E-state index is 0.156. The zero-order chi connectivity index (χ0) is 42.3. The number of piperazine rings is 1. The Labute approximate surface area is 359 Å². The molecule has 0 unspecified atom stereocenters. The fourth-order valence-electron chi connectivity index (χ4n) is 7.88. The van der Waals surface area contributed by atoms with E-state index >= 15 is 0 Å². The van der Waals surface area contributed by atoms with E-state index in [4.69, 9.17) is 19.2 Å². The Morgan fingerprint density at radius 3 is 1.90 bits per heavy atom. The van der Waals surface area contributed by atoms with Gasteiger partial charge in [-0.15, -0.1) is 0 Å². The summed E-state index contributed by atoms with van der Waals surface area (Å²) in [5, 5.41) is 16.0. The standard InChI is InChI=1S/C24H25N5O2.C23H24N6O2/c1-30-20-9-12-29(13-10-20)16-19-4-2-17-14-21(5-6-22(17)27-19)31-24-7-3-18(15-25-24)23-8-11-26-28-23;1-16(30)29-10-8-28(9-11-29)15-19-12-17-2-4-20(13-22(17)26-19)31-23-5-3-18(14-24-23)21-6-7-25-27-21/h2-8,11,14-15,20H,9-10,12-13,16H2,1H3,(H,26,28);2-7,12-14,26H,8-11,15H2,1H3,(H,25,27). The van der Waals surface area contributed by atoms with Crippen LogP contribution in [0.5, 0.6) is 23.3 Å². The molecule has 15 nitrogen and oxygen atoms in total. The van der Waals surface area contributed by atoms with Gasteiger partial charge in [0.25, 0.3) is 0 Å². The van der Waals surface area contributed by atoms with Crippen molar-refractivity contribution in [2.24, 2.45) is 0 Å². The lowest BCUT2D eigenvalue weighted by Gasteiger charge is -2.33. The molecule has 8 heterocycles. The Kier molecular flexibility index (Phi) is 12.2. The fraction of sp³-hybridized carbons (Fsp3) is 0.277. The third kappa shape index (κ3) is 9.98. The number of carbonyl (C=O) groups is 1. The first-order valence-electron chi connectivity index (χ1n) is 20.9. The highest BCUT2D eigenvalue weighted by Gasteiger charge is 2.20. The number of fused-ring (bicyclic) bond motifs is 2. The molecule has 2 aliphatic rings. The highest BCUT2D eigenvalue weighted by Crippen LogP contribution is 2.28. The summed E-state index contributed by atoms with van der Waals surface area (Å²) in [5.74, 6) is 2.72. The van der Waals surface area contributed by atoms with Gasteiger partial charge < -0.3 is 24.1 Å². The monoisotopic (exact) mass is 831 g/mol. The molecule has 0 spiro atoms. The number of ether oxygens (including phenoxy) is 3. The summed E-state index contributed by atoms with van der Waals surface area (Å²) in [6, 6.07) is 29.8. The van der Waals surface area contributed by atoms with Gasteiger partial charge in [0, 0.05) is 137 Å². The molecular formula is C47H49N11O4. The second-order valence-corrected chi connectivity index (χ2v) is 15.6. The highest BCUT2D eigenvalue weighted by atomic mass is 16.5. The molecule has 316 valence electrons. The molecule has 10 rings (SSSR count). The smallest absolute Gasteiger partial charge is 0.219 e. The van der Waals surface area contributed by atoms with E-state index in [1.807, 2.05) is 71.6 Å². The highest BCUT2D eigenvalue weighted by molar-refractivity contribution is 5.82. The topological polar surface area (TPSA) is 166 Å². The van der Waals surface area contributed by atoms with E-state index in [1.54, 1.807) is 38.8 Å². The minimum Gasteiger partial charge on any atom is -0.439 e. The van der Waals surface area contributed by atoms with Crippen LogP contribution in [0.25, 0.3) is 44.3 Å². The summed E-state index contributed by atoms with van der Waals surface area (Å²) in [5.41, 5.74) is 8.02. The summed E-state index contributed by atoms with van der Waals surface area (Å²) < 4.78 is 17.4. The molecule has 15 heteroatoms. The zero-order valence-corrected chi connectivity index (χ0v) is 34.8. The summed E-state index contributed by atoms with van der Waals surface area (Å²) >= 11 is 0. The van der Waals surface area contributed by atoms with E-state index in [9.17, 15) is 4.79 Å². The van der Waals surface area contributed by atoms with Crippen LogP contribution in [0, 0.1) is 0 Å². The van der Waals surface area contributed by atoms with Gasteiger partial charge in [0.15, 0.2) is 0 Å². The predicted octanol–water partition coefficient (Wildman–Crippen LogP) is 7.83. The number of hydrogen-bond donors (Lipinski definition) is 3. The van der Waals surface area contributed by atoms with Crippen LogP contribution in [0.3, 0.4) is 0 Å². The van der Waals surface area contributed by atoms with Crippen LogP contribution in [0.1, 0.15) is 31.2 Å². The molecule has 0 atom stereocenters. The SMILES string of the molecule is CC(=O)N1CCN(Cc2cc3ccc(Oc4ccc(-c5ccn[nH]5)cn4)cc3[nH]2)CC1.COC1CCN(Cc2ccc3cc(Oc4ccc(-c5ccn[nH]5)cn4)ccc3n2)CC1. The van der Waals surface area contributed by atoms with E-state index in [0.29, 0.717) is 17.9 Å². The van der Waals surface area contributed by atoms with Crippen LogP contribution in [0.15, 0.2) is 116 Å². The number of hydrogen-bond acceptors (Lipinski definition) is 11. The van der Waals surface area contributed by atoms with Crippen LogP contribution in [-0.4, -0.2) is 113 Å². The summed E-state index contributed by atoms with van der Waals surface area (Å²) in [7, 11) is 1.80. The van der Waals surface area contributed by atoms with Crippen LogP contribution < -0.4 is 9.47 Å². The number of pyridine rings is 3. The molecular weight excluding hydrogens is 783 g/mol. The Morgan fingerprint density at radius 2 is 1.31 bits per heavy atom. The number of aromatic nitrogens is 8. The fourth-order valence-corrected chi connectivity index (χ4v) is 7.88. The van der Waals surface area contributed by atoms with Gasteiger partial charge >= 0.3 is 0 Å². The maximum absolute atomic E-state index is 11.5. The lowest BCUT2D eigenvalue weighted by atomic mass is 10.1. The Bertz CT molecular complexity index is 2690. The van der Waals surface area contributed by atoms with Gasteiger partial charge in [-0.05, 0) is 85.0 Å². The van der Waals surface area contributed by atoms with E-state index in [2.05, 4.69) is 69.4 Å². The van der Waals surface area contributed by atoms with Crippen molar-refractivity contribution < 1.29 is 19.0 Å². The third-order valence-corrected chi connectivity index (χ3v) is 11.4. The number of rotatable bonds is 11. The molecule has 0 bridgehead atoms. The Balaban J connectivity index is 0.000000158. The summed E-state index contributed by atoms with van der Waals surface area (Å²) in [6.07, 6.45) is 9.54. The van der Waals surface area contributed by atoms with Crippen molar-refractivity contribution in [2.45, 2.75) is 39.0 Å². The van der Waals surface area contributed by atoms with Crippen molar-refractivity contribution in [3.05, 3.63) is 127 Å². The number of aromatic amines is 3. The van der Waals surface area contributed by atoms with Crippen LogP contribution in [0.4, 0.5) is 0 Å². The Hall–Kier alpha value is -6.94. The van der Waals surface area contributed by atoms with Gasteiger partial charge in [0.05, 0.1) is 28.7 Å². The van der Waals surface area contributed by atoms with Crippen molar-refractivity contribution >= 4 is 27.7 Å². The molecule has 2 saturated heterocycles. The van der Waals surface area contributed by atoms with E-state index in [-0.39, 0.29) is 5.91 Å². The van der Waals surface area contributed by atoms with Gasteiger partial charge in [0.1, 0.15) is 11.5 Å². The van der Waals surface area contributed by atoms with Crippen molar-refractivity contribution in [3.8, 4) is 45.8 Å². The van der Waals surface area contributed by atoms with Gasteiger partial charge in [-0.3, -0.25) is 29.8 Å². The molecule has 62 heavy (non-hydrogen) atoms. The van der Waals surface area contributed by atoms with Crippen LogP contribution in [-0.2, 0) is 22.6 Å². The maximum atomic E-state index is 11.5. The second kappa shape index (κ2) is 18.8. The Morgan fingerprint density at radius 1 is 0.677 bits per heavy atom. The number of likely N-dealkylation sites (tertiary alicyclic amines) is 1. The lowest BCUT2D eigenvalue weighted by molar-refractivity contribution is -0.130. The van der Waals surface area contributed by atoms with Crippen molar-refractivity contribution in [1.29, 1.82) is 0 Å². The third-order valence-electron chi connectivity index (χ3n) is 11.4. The maximum Gasteiger partial charge on any atom is 0.219 e. The lowest BCUT2D eigenvalue weighted by Crippen LogP contribution is -2.47. The number of nitrogens with zero attached hydrogens (tertiary/aromatic N) is 8. The normalized spacial score (nSPS) is 15.1. The number of H-pyrrole nitrogens is 3. The van der Waals surface area contributed by atoms with Gasteiger partial charge in [-0.25, -0.2) is 9.97 Å². The number of amides is 1. The van der Waals surface area contributed by atoms with Crippen LogP contribution >= 0.6 is 0 Å². The molecule has 1 amide bonds. The average Bonchev–Trinajstić information content (AvgIpc) is 4.12. The number of piperidine rings is 1. The van der Waals surface area contributed by atoms with Gasteiger partial charge in [-0.2, -0.15) is 10.2 Å². The molecule has 6 aromatic heterocycles. The molecule has 2 aromatic carbocycles. The number of benzene rings is 2.